The van der Waals surface area contributed by atoms with E-state index in [0.29, 0.717) is 0 Å². The Bertz CT molecular complexity index is 557. The van der Waals surface area contributed by atoms with Gasteiger partial charge in [0.25, 0.3) is 0 Å². The summed E-state index contributed by atoms with van der Waals surface area (Å²) in [5.41, 5.74) is 0.236. The van der Waals surface area contributed by atoms with E-state index in [1.165, 1.54) is 30.0 Å². The van der Waals surface area contributed by atoms with E-state index in [2.05, 4.69) is 0 Å². The Balaban J connectivity index is 2.06. The minimum absolute atomic E-state index is 0.173. The standard InChI is InChI=1S/C14H10ClFOS/c15-13-7-6-10(16)8-12(13)14(17)9-18-11-4-2-1-3-5-11/h1-8H,9H2. The van der Waals surface area contributed by atoms with Gasteiger partial charge in [-0.05, 0) is 30.3 Å². The third-order valence-electron chi connectivity index (χ3n) is 2.34. The zero-order chi connectivity index (χ0) is 13.0. The number of benzene rings is 2. The fraction of sp³-hybridized carbons (Fsp3) is 0.0714. The summed E-state index contributed by atoms with van der Waals surface area (Å²) in [4.78, 5) is 12.9. The van der Waals surface area contributed by atoms with Gasteiger partial charge in [-0.25, -0.2) is 4.39 Å². The third kappa shape index (κ3) is 3.34. The lowest BCUT2D eigenvalue weighted by Crippen LogP contribution is -2.03. The van der Waals surface area contributed by atoms with E-state index in [1.807, 2.05) is 30.3 Å². The average molecular weight is 281 g/mol. The highest BCUT2D eigenvalue weighted by molar-refractivity contribution is 8.00. The van der Waals surface area contributed by atoms with Crippen molar-refractivity contribution in [3.8, 4) is 0 Å². The van der Waals surface area contributed by atoms with Crippen molar-refractivity contribution >= 4 is 29.1 Å². The molecule has 0 spiro atoms. The topological polar surface area (TPSA) is 17.1 Å². The molecule has 18 heavy (non-hydrogen) atoms. The quantitative estimate of drug-likeness (QED) is 0.608. The van der Waals surface area contributed by atoms with E-state index in [4.69, 9.17) is 11.6 Å². The van der Waals surface area contributed by atoms with Gasteiger partial charge in [-0.2, -0.15) is 0 Å². The molecule has 92 valence electrons. The minimum atomic E-state index is -0.451. The Kier molecular flexibility index (Phi) is 4.39. The first kappa shape index (κ1) is 13.1. The number of Topliss-reactive ketones (excluding diaryl/α,β-unsaturated/α-hetero) is 1. The Morgan fingerprint density at radius 2 is 1.89 bits per heavy atom. The monoisotopic (exact) mass is 280 g/mol. The summed E-state index contributed by atoms with van der Waals surface area (Å²) in [5.74, 6) is -0.381. The molecule has 0 bridgehead atoms. The van der Waals surface area contributed by atoms with Gasteiger partial charge in [0.1, 0.15) is 5.82 Å². The van der Waals surface area contributed by atoms with Crippen LogP contribution in [0.1, 0.15) is 10.4 Å². The number of carbonyl (C=O) groups excluding carboxylic acids is 1. The third-order valence-corrected chi connectivity index (χ3v) is 3.68. The van der Waals surface area contributed by atoms with Crippen LogP contribution in [0, 0.1) is 5.82 Å². The summed E-state index contributed by atoms with van der Waals surface area (Å²) in [6.07, 6.45) is 0. The molecule has 0 fully saturated rings. The van der Waals surface area contributed by atoms with E-state index < -0.39 is 5.82 Å². The lowest BCUT2D eigenvalue weighted by atomic mass is 10.1. The molecule has 0 aliphatic carbocycles. The summed E-state index contributed by atoms with van der Waals surface area (Å²) in [6, 6.07) is 13.4. The molecule has 0 aliphatic rings. The average Bonchev–Trinajstić information content (AvgIpc) is 2.40. The van der Waals surface area contributed by atoms with Crippen LogP contribution in [-0.2, 0) is 0 Å². The van der Waals surface area contributed by atoms with E-state index in [9.17, 15) is 9.18 Å². The highest BCUT2D eigenvalue weighted by Crippen LogP contribution is 2.22. The molecule has 0 atom stereocenters. The molecular weight excluding hydrogens is 271 g/mol. The zero-order valence-electron chi connectivity index (χ0n) is 9.40. The second-order valence-corrected chi connectivity index (χ2v) is 5.11. The fourth-order valence-electron chi connectivity index (χ4n) is 1.45. The van der Waals surface area contributed by atoms with Crippen molar-refractivity contribution in [2.75, 3.05) is 5.75 Å². The van der Waals surface area contributed by atoms with Crippen LogP contribution in [0.15, 0.2) is 53.4 Å². The SMILES string of the molecule is O=C(CSc1ccccc1)c1cc(F)ccc1Cl. The van der Waals surface area contributed by atoms with Gasteiger partial charge in [0.15, 0.2) is 5.78 Å². The van der Waals surface area contributed by atoms with Crippen molar-refractivity contribution < 1.29 is 9.18 Å². The van der Waals surface area contributed by atoms with Gasteiger partial charge in [-0.1, -0.05) is 29.8 Å². The number of carbonyl (C=O) groups is 1. The summed E-state index contributed by atoms with van der Waals surface area (Å²) in [6.45, 7) is 0. The van der Waals surface area contributed by atoms with Crippen LogP contribution >= 0.6 is 23.4 Å². The molecule has 0 aromatic heterocycles. The molecule has 0 aliphatic heterocycles. The number of thioether (sulfide) groups is 1. The van der Waals surface area contributed by atoms with Crippen molar-refractivity contribution in [3.05, 3.63) is 64.9 Å². The van der Waals surface area contributed by atoms with Gasteiger partial charge in [0.05, 0.1) is 10.8 Å². The Labute approximate surface area is 114 Å². The van der Waals surface area contributed by atoms with E-state index in [-0.39, 0.29) is 22.1 Å². The summed E-state index contributed by atoms with van der Waals surface area (Å²) in [5, 5.41) is 0.287. The minimum Gasteiger partial charge on any atom is -0.293 e. The molecule has 2 rings (SSSR count). The van der Waals surface area contributed by atoms with Gasteiger partial charge >= 0.3 is 0 Å². The lowest BCUT2D eigenvalue weighted by molar-refractivity contribution is 0.102. The van der Waals surface area contributed by atoms with Crippen molar-refractivity contribution in [2.24, 2.45) is 0 Å². The number of ketones is 1. The predicted octanol–water partition coefficient (Wildman–Crippen LogP) is 4.45. The fourth-order valence-corrected chi connectivity index (χ4v) is 2.48. The Morgan fingerprint density at radius 1 is 1.17 bits per heavy atom. The van der Waals surface area contributed by atoms with Crippen molar-refractivity contribution in [2.45, 2.75) is 4.90 Å². The Hall–Kier alpha value is -1.32. The van der Waals surface area contributed by atoms with Gasteiger partial charge in [-0.3, -0.25) is 4.79 Å². The lowest BCUT2D eigenvalue weighted by Gasteiger charge is -2.04. The molecular formula is C14H10ClFOS. The molecule has 0 N–H and O–H groups in total. The molecule has 0 radical (unpaired) electrons. The number of rotatable bonds is 4. The highest BCUT2D eigenvalue weighted by Gasteiger charge is 2.11. The van der Waals surface area contributed by atoms with E-state index in [0.717, 1.165) is 4.90 Å². The first-order valence-corrected chi connectivity index (χ1v) is 6.69. The van der Waals surface area contributed by atoms with Crippen LogP contribution < -0.4 is 0 Å². The van der Waals surface area contributed by atoms with Crippen LogP contribution in [-0.4, -0.2) is 11.5 Å². The first-order valence-electron chi connectivity index (χ1n) is 5.33. The predicted molar refractivity (Wildman–Crippen MR) is 72.9 cm³/mol. The van der Waals surface area contributed by atoms with Crippen LogP contribution in [0.25, 0.3) is 0 Å². The van der Waals surface area contributed by atoms with Gasteiger partial charge in [0.2, 0.25) is 0 Å². The van der Waals surface area contributed by atoms with Crippen LogP contribution in [0.5, 0.6) is 0 Å². The first-order chi connectivity index (χ1) is 8.66. The smallest absolute Gasteiger partial charge is 0.174 e. The largest absolute Gasteiger partial charge is 0.293 e. The maximum atomic E-state index is 13.1. The second-order valence-electron chi connectivity index (χ2n) is 3.65. The van der Waals surface area contributed by atoms with E-state index in [1.54, 1.807) is 0 Å². The molecule has 0 unspecified atom stereocenters. The Morgan fingerprint density at radius 3 is 2.61 bits per heavy atom. The van der Waals surface area contributed by atoms with E-state index >= 15 is 0 Å². The summed E-state index contributed by atoms with van der Waals surface area (Å²) < 4.78 is 13.1. The maximum Gasteiger partial charge on any atom is 0.174 e. The normalized spacial score (nSPS) is 10.3. The summed E-state index contributed by atoms with van der Waals surface area (Å²) >= 11 is 7.28. The molecule has 1 nitrogen and oxygen atoms in total. The molecule has 0 saturated heterocycles. The number of halogens is 2. The van der Waals surface area contributed by atoms with Gasteiger partial charge in [-0.15, -0.1) is 11.8 Å². The molecule has 0 saturated carbocycles. The molecule has 0 amide bonds. The molecule has 0 heterocycles. The number of hydrogen-bond acceptors (Lipinski definition) is 2. The van der Waals surface area contributed by atoms with Crippen molar-refractivity contribution in [3.63, 3.8) is 0 Å². The van der Waals surface area contributed by atoms with Crippen LogP contribution in [0.3, 0.4) is 0 Å². The highest BCUT2D eigenvalue weighted by atomic mass is 35.5. The van der Waals surface area contributed by atoms with Crippen LogP contribution in [0.2, 0.25) is 5.02 Å². The second kappa shape index (κ2) is 6.03. The molecule has 2 aromatic carbocycles. The van der Waals surface area contributed by atoms with Crippen molar-refractivity contribution in [1.82, 2.24) is 0 Å². The maximum absolute atomic E-state index is 13.1. The number of hydrogen-bond donors (Lipinski definition) is 0. The van der Waals surface area contributed by atoms with Gasteiger partial charge < -0.3 is 0 Å². The summed E-state index contributed by atoms with van der Waals surface area (Å²) in [7, 11) is 0. The van der Waals surface area contributed by atoms with Crippen molar-refractivity contribution in [1.29, 1.82) is 0 Å². The van der Waals surface area contributed by atoms with Gasteiger partial charge in [0, 0.05) is 10.5 Å². The van der Waals surface area contributed by atoms with Crippen LogP contribution in [0.4, 0.5) is 4.39 Å². The molecule has 2 aromatic rings. The zero-order valence-corrected chi connectivity index (χ0v) is 11.0. The molecule has 4 heteroatoms.